The molecule has 0 bridgehead atoms. The fourth-order valence-electron chi connectivity index (χ4n) is 4.51. The van der Waals surface area contributed by atoms with Crippen molar-refractivity contribution >= 4 is 63.2 Å². The van der Waals surface area contributed by atoms with Crippen LogP contribution in [0.2, 0.25) is 0 Å². The highest BCUT2D eigenvalue weighted by Gasteiger charge is 2.54. The Morgan fingerprint density at radius 3 is 2.90 bits per heavy atom. The molecule has 0 aromatic carbocycles. The minimum absolute atomic E-state index is 0.0726. The summed E-state index contributed by atoms with van der Waals surface area (Å²) in [7, 11) is 1.28. The zero-order valence-corrected chi connectivity index (χ0v) is 22.4. The zero-order valence-electron chi connectivity index (χ0n) is 20.7. The lowest BCUT2D eigenvalue weighted by Gasteiger charge is -2.49. The predicted molar refractivity (Wildman–Crippen MR) is 145 cm³/mol. The van der Waals surface area contributed by atoms with Crippen LogP contribution in [0.15, 0.2) is 52.4 Å². The highest BCUT2D eigenvalue weighted by Crippen LogP contribution is 2.40. The van der Waals surface area contributed by atoms with Crippen molar-refractivity contribution in [3.05, 3.63) is 52.9 Å². The molecule has 3 aromatic rings. The van der Waals surface area contributed by atoms with Crippen LogP contribution < -0.4 is 26.7 Å². The van der Waals surface area contributed by atoms with Crippen molar-refractivity contribution in [3.63, 3.8) is 0 Å². The lowest BCUT2D eigenvalue weighted by atomic mass is 10.0. The maximum absolute atomic E-state index is 13.1. The van der Waals surface area contributed by atoms with Crippen molar-refractivity contribution in [2.45, 2.75) is 18.0 Å². The van der Waals surface area contributed by atoms with E-state index in [9.17, 15) is 19.5 Å². The van der Waals surface area contributed by atoms with E-state index in [1.807, 2.05) is 39.6 Å². The van der Waals surface area contributed by atoms with Crippen molar-refractivity contribution in [3.8, 4) is 0 Å². The van der Waals surface area contributed by atoms with Gasteiger partial charge in [0.05, 0.1) is 0 Å². The van der Waals surface area contributed by atoms with E-state index in [-0.39, 0.29) is 28.8 Å². The summed E-state index contributed by atoms with van der Waals surface area (Å²) >= 11 is 2.51. The molecule has 0 spiro atoms. The topological polar surface area (TPSA) is 194 Å². The number of hydrogen-bond acceptors (Lipinski definition) is 11. The standard InChI is InChI=1S/C23H25N9O5S2/c1-37-29-16(13-11-39-23(25)27-13)19(33)28-17-20(34)32-18(22(35)36)12(10-38-21(17)32)9-30-7-8-31-14(26-6-5-24)3-2-4-15(30)31/h2-4,7-8,11,17,21H,5-6,9-10,24H2,1H3,(H4,25,27,28,33,35,36)/p+1/b29-16-/t17-,21-/m1/s1. The first kappa shape index (κ1) is 26.5. The molecule has 7 N–H and O–H groups in total. The number of β-lactam (4-membered cyclic amide) rings is 1. The number of imidazole rings is 1. The van der Waals surface area contributed by atoms with Crippen LogP contribution >= 0.6 is 23.1 Å². The number of hydrogen-bond donors (Lipinski definition) is 5. The van der Waals surface area contributed by atoms with Crippen molar-refractivity contribution in [2.75, 3.05) is 37.0 Å². The Balaban J connectivity index is 1.36. The number of oxime groups is 1. The molecule has 0 saturated carbocycles. The van der Waals surface area contributed by atoms with E-state index in [1.165, 1.54) is 23.8 Å². The van der Waals surface area contributed by atoms with Crippen LogP contribution in [-0.2, 0) is 25.8 Å². The molecule has 39 heavy (non-hydrogen) atoms. The summed E-state index contributed by atoms with van der Waals surface area (Å²) in [5.74, 6) is -1.19. The molecule has 2 aliphatic heterocycles. The minimum atomic E-state index is -1.21. The molecule has 0 radical (unpaired) electrons. The normalized spacial score (nSPS) is 19.1. The molecular formula is C23H26N9O5S2+. The second-order valence-corrected chi connectivity index (χ2v) is 10.6. The molecule has 16 heteroatoms. The van der Waals surface area contributed by atoms with Gasteiger partial charge in [-0.2, -0.15) is 4.40 Å². The molecule has 14 nitrogen and oxygen atoms in total. The molecule has 5 heterocycles. The number of carbonyl (C=O) groups excluding carboxylic acids is 2. The average molecular weight is 573 g/mol. The van der Waals surface area contributed by atoms with Gasteiger partial charge in [-0.05, 0) is 6.07 Å². The molecule has 0 unspecified atom stereocenters. The van der Waals surface area contributed by atoms with E-state index < -0.39 is 29.2 Å². The molecule has 3 aromatic heterocycles. The number of pyridine rings is 1. The van der Waals surface area contributed by atoms with Gasteiger partial charge < -0.3 is 32.0 Å². The number of carbonyl (C=O) groups is 3. The molecule has 1 fully saturated rings. The van der Waals surface area contributed by atoms with Gasteiger partial charge in [0.2, 0.25) is 0 Å². The second-order valence-electron chi connectivity index (χ2n) is 8.59. The van der Waals surface area contributed by atoms with E-state index in [2.05, 4.69) is 20.8 Å². The first-order valence-corrected chi connectivity index (χ1v) is 13.7. The van der Waals surface area contributed by atoms with Crippen LogP contribution in [0.5, 0.6) is 0 Å². The van der Waals surface area contributed by atoms with Gasteiger partial charge in [0.1, 0.15) is 48.9 Å². The highest BCUT2D eigenvalue weighted by molar-refractivity contribution is 8.00. The number of rotatable bonds is 10. The number of carboxylic acid groups (broad SMARTS) is 1. The SMILES string of the molecule is CO/N=C(\C(=O)N[C@@H]1C(=O)N2C(C(=O)O)=C(C[n+]3ccn4c(NCCN)cccc43)CS[C@H]12)c1csc(N)n1. The number of carboxylic acids is 1. The highest BCUT2D eigenvalue weighted by atomic mass is 32.2. The van der Waals surface area contributed by atoms with Crippen LogP contribution in [0.3, 0.4) is 0 Å². The lowest BCUT2D eigenvalue weighted by Crippen LogP contribution is -2.71. The average Bonchev–Trinajstić information content (AvgIpc) is 3.54. The van der Waals surface area contributed by atoms with Crippen LogP contribution in [0.1, 0.15) is 5.69 Å². The third-order valence-corrected chi connectivity index (χ3v) is 8.22. The Morgan fingerprint density at radius 1 is 1.38 bits per heavy atom. The number of fused-ring (bicyclic) bond motifs is 2. The summed E-state index contributed by atoms with van der Waals surface area (Å²) in [6, 6.07) is 4.81. The van der Waals surface area contributed by atoms with Crippen molar-refractivity contribution in [1.82, 2.24) is 19.6 Å². The summed E-state index contributed by atoms with van der Waals surface area (Å²) in [6.07, 6.45) is 3.73. The largest absolute Gasteiger partial charge is 0.477 e. The predicted octanol–water partition coefficient (Wildman–Crippen LogP) is -0.575. The third kappa shape index (κ3) is 4.88. The van der Waals surface area contributed by atoms with Gasteiger partial charge in [-0.15, -0.1) is 23.1 Å². The van der Waals surface area contributed by atoms with Crippen molar-refractivity contribution in [1.29, 1.82) is 0 Å². The number of nitrogens with one attached hydrogen (secondary N) is 2. The van der Waals surface area contributed by atoms with Gasteiger partial charge >= 0.3 is 5.97 Å². The maximum Gasteiger partial charge on any atom is 0.352 e. The Labute approximate surface area is 230 Å². The van der Waals surface area contributed by atoms with Crippen LogP contribution in [0, 0.1) is 0 Å². The summed E-state index contributed by atoms with van der Waals surface area (Å²) in [5, 5.41) is 20.9. The molecule has 204 valence electrons. The summed E-state index contributed by atoms with van der Waals surface area (Å²) in [5.41, 5.74) is 12.7. The van der Waals surface area contributed by atoms with Crippen molar-refractivity contribution < 1.29 is 28.9 Å². The number of thioether (sulfide) groups is 1. The summed E-state index contributed by atoms with van der Waals surface area (Å²) in [6.45, 7) is 1.36. The molecule has 2 aliphatic rings. The molecule has 2 atom stereocenters. The summed E-state index contributed by atoms with van der Waals surface area (Å²) in [4.78, 5) is 48.5. The zero-order chi connectivity index (χ0) is 27.7. The van der Waals surface area contributed by atoms with Crippen LogP contribution in [0.25, 0.3) is 5.65 Å². The number of amides is 2. The first-order valence-electron chi connectivity index (χ1n) is 11.8. The number of nitrogens with zero attached hydrogens (tertiary/aromatic N) is 5. The Hall–Kier alpha value is -4.15. The fraction of sp³-hybridized carbons (Fsp3) is 0.304. The number of aliphatic carboxylic acids is 1. The van der Waals surface area contributed by atoms with E-state index >= 15 is 0 Å². The number of aromatic nitrogens is 3. The van der Waals surface area contributed by atoms with Gasteiger partial charge in [0.15, 0.2) is 16.7 Å². The Morgan fingerprint density at radius 2 is 2.21 bits per heavy atom. The van der Waals surface area contributed by atoms with E-state index in [4.69, 9.17) is 16.3 Å². The van der Waals surface area contributed by atoms with Gasteiger partial charge in [0.25, 0.3) is 17.5 Å². The van der Waals surface area contributed by atoms with Gasteiger partial charge in [-0.3, -0.25) is 14.5 Å². The third-order valence-electron chi connectivity index (χ3n) is 6.21. The fourth-order valence-corrected chi connectivity index (χ4v) is 6.40. The van der Waals surface area contributed by atoms with Gasteiger partial charge in [0, 0.05) is 41.9 Å². The molecular weight excluding hydrogens is 546 g/mol. The monoisotopic (exact) mass is 572 g/mol. The van der Waals surface area contributed by atoms with Crippen LogP contribution in [-0.4, -0.2) is 80.3 Å². The van der Waals surface area contributed by atoms with E-state index in [0.29, 0.717) is 24.4 Å². The molecule has 1 saturated heterocycles. The number of nitrogen functional groups attached to an aromatic ring is 1. The van der Waals surface area contributed by atoms with E-state index in [1.54, 1.807) is 5.38 Å². The maximum atomic E-state index is 13.1. The molecule has 2 amide bonds. The van der Waals surface area contributed by atoms with Gasteiger partial charge in [-0.1, -0.05) is 5.16 Å². The number of anilines is 2. The molecule has 5 rings (SSSR count). The smallest absolute Gasteiger partial charge is 0.352 e. The minimum Gasteiger partial charge on any atom is -0.477 e. The number of nitrogens with two attached hydrogens (primary N) is 2. The molecule has 0 aliphatic carbocycles. The number of thiazole rings is 1. The van der Waals surface area contributed by atoms with Gasteiger partial charge in [-0.25, -0.2) is 14.3 Å². The first-order chi connectivity index (χ1) is 18.8. The lowest BCUT2D eigenvalue weighted by molar-refractivity contribution is -0.662. The summed E-state index contributed by atoms with van der Waals surface area (Å²) < 4.78 is 3.87. The van der Waals surface area contributed by atoms with Crippen LogP contribution in [0.4, 0.5) is 10.9 Å². The second kappa shape index (κ2) is 10.9. The Bertz CT molecular complexity index is 1510. The van der Waals surface area contributed by atoms with E-state index in [0.717, 1.165) is 22.8 Å². The Kier molecular flexibility index (Phi) is 7.40. The van der Waals surface area contributed by atoms with Crippen molar-refractivity contribution in [2.24, 2.45) is 10.9 Å². The quantitative estimate of drug-likeness (QED) is 0.0909.